The summed E-state index contributed by atoms with van der Waals surface area (Å²) in [5, 5.41) is 8.37. The molecule has 1 spiro atoms. The predicted molar refractivity (Wildman–Crippen MR) is 106 cm³/mol. The summed E-state index contributed by atoms with van der Waals surface area (Å²) >= 11 is 0. The van der Waals surface area contributed by atoms with Crippen molar-refractivity contribution in [3.63, 3.8) is 0 Å². The Morgan fingerprint density at radius 2 is 1.81 bits per heavy atom. The molecule has 0 aliphatic carbocycles. The Bertz CT molecular complexity index is 985. The van der Waals surface area contributed by atoms with Crippen molar-refractivity contribution in [1.29, 1.82) is 0 Å². The van der Waals surface area contributed by atoms with E-state index in [1.165, 1.54) is 0 Å². The lowest BCUT2D eigenvalue weighted by atomic mass is 9.79. The van der Waals surface area contributed by atoms with Crippen molar-refractivity contribution in [3.05, 3.63) is 35.8 Å². The van der Waals surface area contributed by atoms with Crippen LogP contribution in [0.15, 0.2) is 18.3 Å². The van der Waals surface area contributed by atoms with Crippen molar-refractivity contribution in [2.45, 2.75) is 69.9 Å². The molecule has 5 atom stereocenters. The molecule has 3 fully saturated rings. The van der Waals surface area contributed by atoms with Gasteiger partial charge in [0.25, 0.3) is 0 Å². The molecule has 1 aromatic heterocycles. The molecule has 0 radical (unpaired) electrons. The van der Waals surface area contributed by atoms with Crippen molar-refractivity contribution in [2.24, 2.45) is 5.92 Å². The average Bonchev–Trinajstić information content (AvgIpc) is 3.23. The van der Waals surface area contributed by atoms with Crippen LogP contribution in [0.25, 0.3) is 11.3 Å². The van der Waals surface area contributed by atoms with Gasteiger partial charge in [-0.05, 0) is 38.8 Å². The number of ether oxygens (including phenoxy) is 4. The molecular weight excluding hydrogens is 427 g/mol. The molecule has 3 aliphatic heterocycles. The maximum Gasteiger partial charge on any atom is 0.194 e. The molecule has 0 unspecified atom stereocenters. The van der Waals surface area contributed by atoms with Crippen molar-refractivity contribution >= 4 is 0 Å². The summed E-state index contributed by atoms with van der Waals surface area (Å²) < 4.78 is 67.2. The number of halogens is 3. The van der Waals surface area contributed by atoms with Gasteiger partial charge in [-0.3, -0.25) is 0 Å². The SMILES string of the molecule is C[C@@H]1[C@@H](n2cc(-c3cc(F)c(F)c(F)c3)nn2)[C@H]2OC(C)(C)OC[C@H]2O[C@@]12CCCCO2. The molecule has 4 heterocycles. The van der Waals surface area contributed by atoms with Gasteiger partial charge in [0.05, 0.1) is 25.5 Å². The van der Waals surface area contributed by atoms with E-state index in [9.17, 15) is 13.2 Å². The van der Waals surface area contributed by atoms with Crippen LogP contribution in [0.4, 0.5) is 13.2 Å². The largest absolute Gasteiger partial charge is 0.350 e. The van der Waals surface area contributed by atoms with Crippen LogP contribution in [0.3, 0.4) is 0 Å². The minimum atomic E-state index is -1.52. The van der Waals surface area contributed by atoms with Crippen LogP contribution in [-0.4, -0.2) is 52.0 Å². The zero-order valence-electron chi connectivity index (χ0n) is 18.2. The minimum Gasteiger partial charge on any atom is -0.350 e. The van der Waals surface area contributed by atoms with Crippen molar-refractivity contribution in [3.8, 4) is 11.3 Å². The van der Waals surface area contributed by atoms with E-state index in [0.29, 0.717) is 13.2 Å². The number of nitrogens with zero attached hydrogens (tertiary/aromatic N) is 3. The van der Waals surface area contributed by atoms with Gasteiger partial charge >= 0.3 is 0 Å². The van der Waals surface area contributed by atoms with E-state index < -0.39 is 35.1 Å². The third-order valence-corrected chi connectivity index (χ3v) is 6.64. The highest BCUT2D eigenvalue weighted by Crippen LogP contribution is 2.49. The Hall–Kier alpha value is -2.01. The molecule has 2 aromatic rings. The average molecular weight is 453 g/mol. The summed E-state index contributed by atoms with van der Waals surface area (Å²) in [5.74, 6) is -5.85. The molecule has 0 bridgehead atoms. The topological polar surface area (TPSA) is 67.6 Å². The molecule has 32 heavy (non-hydrogen) atoms. The second-order valence-corrected chi connectivity index (χ2v) is 9.18. The first kappa shape index (κ1) is 21.8. The van der Waals surface area contributed by atoms with Crippen LogP contribution in [0, 0.1) is 23.4 Å². The van der Waals surface area contributed by atoms with Crippen molar-refractivity contribution in [2.75, 3.05) is 13.2 Å². The normalized spacial score (nSPS) is 34.4. The zero-order chi connectivity index (χ0) is 22.7. The van der Waals surface area contributed by atoms with E-state index in [-0.39, 0.29) is 29.3 Å². The van der Waals surface area contributed by atoms with Crippen LogP contribution in [0.1, 0.15) is 46.1 Å². The standard InChI is InChI=1S/C22H26F3N3O4/c1-12-19(28-10-16(26-27-28)13-8-14(23)18(25)15(24)9-13)20-17(11-30-21(2,3)32-20)31-22(12)6-4-5-7-29-22/h8-10,12,17,19-20H,4-7,11H2,1-3H3/t12-,17-,19-,20+,22+/m1/s1. The highest BCUT2D eigenvalue weighted by atomic mass is 19.2. The number of hydrogen-bond acceptors (Lipinski definition) is 6. The maximum absolute atomic E-state index is 13.8. The lowest BCUT2D eigenvalue weighted by Crippen LogP contribution is -2.65. The molecule has 0 saturated carbocycles. The summed E-state index contributed by atoms with van der Waals surface area (Å²) in [6.45, 7) is 6.63. The number of benzene rings is 1. The fourth-order valence-corrected chi connectivity index (χ4v) is 4.99. The van der Waals surface area contributed by atoms with Gasteiger partial charge in [-0.15, -0.1) is 5.10 Å². The molecule has 174 valence electrons. The summed E-state index contributed by atoms with van der Waals surface area (Å²) in [4.78, 5) is 0. The Labute approximate surface area is 183 Å². The molecule has 3 saturated heterocycles. The van der Waals surface area contributed by atoms with Gasteiger partial charge in [-0.2, -0.15) is 0 Å². The summed E-state index contributed by atoms with van der Waals surface area (Å²) in [5.41, 5.74) is 0.323. The van der Waals surface area contributed by atoms with E-state index in [0.717, 1.165) is 31.4 Å². The van der Waals surface area contributed by atoms with Gasteiger partial charge < -0.3 is 18.9 Å². The van der Waals surface area contributed by atoms with Gasteiger partial charge in [0.2, 0.25) is 0 Å². The predicted octanol–water partition coefficient (Wildman–Crippen LogP) is 3.99. The maximum atomic E-state index is 13.8. The molecule has 5 rings (SSSR count). The van der Waals surface area contributed by atoms with E-state index in [1.807, 2.05) is 20.8 Å². The minimum absolute atomic E-state index is 0.0979. The lowest BCUT2D eigenvalue weighted by molar-refractivity contribution is -0.405. The molecule has 7 nitrogen and oxygen atoms in total. The first-order chi connectivity index (χ1) is 15.2. The van der Waals surface area contributed by atoms with Crippen molar-refractivity contribution < 1.29 is 32.1 Å². The first-order valence-electron chi connectivity index (χ1n) is 10.9. The number of hydrogen-bond donors (Lipinski definition) is 0. The third kappa shape index (κ3) is 3.63. The summed E-state index contributed by atoms with van der Waals surface area (Å²) in [6, 6.07) is 1.48. The molecule has 0 amide bonds. The number of fused-ring (bicyclic) bond motifs is 1. The second-order valence-electron chi connectivity index (χ2n) is 9.18. The Balaban J connectivity index is 1.53. The highest BCUT2D eigenvalue weighted by molar-refractivity contribution is 5.57. The van der Waals surface area contributed by atoms with Gasteiger partial charge in [0, 0.05) is 17.9 Å². The second kappa shape index (κ2) is 7.79. The van der Waals surface area contributed by atoms with Gasteiger partial charge in [-0.1, -0.05) is 12.1 Å². The van der Waals surface area contributed by atoms with Crippen molar-refractivity contribution in [1.82, 2.24) is 15.0 Å². The summed E-state index contributed by atoms with van der Waals surface area (Å²) in [6.07, 6.45) is 3.48. The zero-order valence-corrected chi connectivity index (χ0v) is 18.2. The first-order valence-corrected chi connectivity index (χ1v) is 10.9. The third-order valence-electron chi connectivity index (χ3n) is 6.64. The highest BCUT2D eigenvalue weighted by Gasteiger charge is 2.58. The lowest BCUT2D eigenvalue weighted by Gasteiger charge is -2.56. The Morgan fingerprint density at radius 1 is 1.06 bits per heavy atom. The van der Waals surface area contributed by atoms with Gasteiger partial charge in [0.15, 0.2) is 29.0 Å². The Morgan fingerprint density at radius 3 is 2.50 bits per heavy atom. The fraction of sp³-hybridized carbons (Fsp3) is 0.636. The van der Waals surface area contributed by atoms with Crippen LogP contribution in [0.2, 0.25) is 0 Å². The van der Waals surface area contributed by atoms with Gasteiger partial charge in [-0.25, -0.2) is 17.9 Å². The number of aromatic nitrogens is 3. The fourth-order valence-electron chi connectivity index (χ4n) is 4.99. The molecule has 1 aromatic carbocycles. The summed E-state index contributed by atoms with van der Waals surface area (Å²) in [7, 11) is 0. The quantitative estimate of drug-likeness (QED) is 0.641. The molecule has 10 heteroatoms. The monoisotopic (exact) mass is 453 g/mol. The van der Waals surface area contributed by atoms with E-state index in [2.05, 4.69) is 10.3 Å². The van der Waals surface area contributed by atoms with Crippen LogP contribution >= 0.6 is 0 Å². The Kier molecular flexibility index (Phi) is 5.31. The van der Waals surface area contributed by atoms with Crippen LogP contribution in [0.5, 0.6) is 0 Å². The van der Waals surface area contributed by atoms with Crippen LogP contribution < -0.4 is 0 Å². The molecular formula is C22H26F3N3O4. The van der Waals surface area contributed by atoms with E-state index >= 15 is 0 Å². The van der Waals surface area contributed by atoms with Crippen LogP contribution in [-0.2, 0) is 18.9 Å². The van der Waals surface area contributed by atoms with E-state index in [1.54, 1.807) is 10.9 Å². The van der Waals surface area contributed by atoms with E-state index in [4.69, 9.17) is 18.9 Å². The molecule has 3 aliphatic rings. The van der Waals surface area contributed by atoms with Gasteiger partial charge in [0.1, 0.15) is 17.9 Å². The number of rotatable bonds is 2. The molecule has 0 N–H and O–H groups in total. The smallest absolute Gasteiger partial charge is 0.194 e.